The van der Waals surface area contributed by atoms with Crippen LogP contribution in [0.2, 0.25) is 5.02 Å². The lowest BCUT2D eigenvalue weighted by molar-refractivity contribution is -0.135. The third kappa shape index (κ3) is 5.82. The molecule has 178 valence electrons. The maximum Gasteiger partial charge on any atom is 0.254 e. The number of carbonyl (C=O) groups excluding carboxylic acids is 2. The highest BCUT2D eigenvalue weighted by Gasteiger charge is 2.33. The zero-order valence-electron chi connectivity index (χ0n) is 18.9. The average Bonchev–Trinajstić information content (AvgIpc) is 3.32. The van der Waals surface area contributed by atoms with E-state index in [9.17, 15) is 9.59 Å². The largest absolute Gasteiger partial charge is 0.491 e. The van der Waals surface area contributed by atoms with Gasteiger partial charge >= 0.3 is 0 Å². The number of ether oxygens (including phenoxy) is 1. The Morgan fingerprint density at radius 3 is 2.74 bits per heavy atom. The topological polar surface area (TPSA) is 49.9 Å². The molecule has 3 aromatic rings. The molecule has 1 aliphatic rings. The zero-order valence-corrected chi connectivity index (χ0v) is 22.0. The van der Waals surface area contributed by atoms with Gasteiger partial charge in [0.2, 0.25) is 5.91 Å². The number of rotatable bonds is 8. The van der Waals surface area contributed by atoms with Gasteiger partial charge in [0.15, 0.2) is 0 Å². The molecule has 0 saturated heterocycles. The Labute approximate surface area is 217 Å². The molecule has 5 nitrogen and oxygen atoms in total. The minimum absolute atomic E-state index is 0.0378. The summed E-state index contributed by atoms with van der Waals surface area (Å²) in [5, 5.41) is 2.71. The van der Waals surface area contributed by atoms with Crippen LogP contribution in [-0.2, 0) is 11.2 Å². The van der Waals surface area contributed by atoms with Crippen LogP contribution in [-0.4, -0.2) is 47.9 Å². The Bertz CT molecular complexity index is 1150. The fourth-order valence-electron chi connectivity index (χ4n) is 4.16. The van der Waals surface area contributed by atoms with Gasteiger partial charge < -0.3 is 14.5 Å². The van der Waals surface area contributed by atoms with Crippen molar-refractivity contribution >= 4 is 50.7 Å². The monoisotopic (exact) mass is 560 g/mol. The molecule has 2 heterocycles. The van der Waals surface area contributed by atoms with Crippen LogP contribution in [0.3, 0.4) is 0 Å². The lowest BCUT2D eigenvalue weighted by atomic mass is 10.0. The average molecular weight is 562 g/mol. The molecule has 0 unspecified atom stereocenters. The SMILES string of the molecule is CCCN(CC(=O)N1CCc2sccc2[C@@H]1COc1ccc(Cl)cc1)C(=O)c1cccc(Br)c1. The van der Waals surface area contributed by atoms with Crippen molar-refractivity contribution in [2.24, 2.45) is 0 Å². The zero-order chi connectivity index (χ0) is 24.1. The van der Waals surface area contributed by atoms with E-state index >= 15 is 0 Å². The van der Waals surface area contributed by atoms with Gasteiger partial charge in [0, 0.05) is 33.0 Å². The molecular weight excluding hydrogens is 536 g/mol. The number of benzene rings is 2. The van der Waals surface area contributed by atoms with Crippen LogP contribution in [0.4, 0.5) is 0 Å². The third-order valence-corrected chi connectivity index (χ3v) is 7.56. The van der Waals surface area contributed by atoms with Gasteiger partial charge in [-0.25, -0.2) is 0 Å². The first kappa shape index (κ1) is 24.8. The van der Waals surface area contributed by atoms with Crippen LogP contribution in [0.5, 0.6) is 5.75 Å². The Kier molecular flexibility index (Phi) is 8.29. The van der Waals surface area contributed by atoms with E-state index in [1.54, 1.807) is 40.5 Å². The van der Waals surface area contributed by atoms with Crippen LogP contribution in [0.15, 0.2) is 64.5 Å². The summed E-state index contributed by atoms with van der Waals surface area (Å²) in [6, 6.07) is 16.4. The summed E-state index contributed by atoms with van der Waals surface area (Å²) in [5.41, 5.74) is 1.69. The molecule has 2 amide bonds. The summed E-state index contributed by atoms with van der Waals surface area (Å²) >= 11 is 11.1. The second kappa shape index (κ2) is 11.4. The second-order valence-electron chi connectivity index (χ2n) is 8.15. The van der Waals surface area contributed by atoms with E-state index < -0.39 is 0 Å². The van der Waals surface area contributed by atoms with Crippen LogP contribution in [0, 0.1) is 0 Å². The van der Waals surface area contributed by atoms with Crippen LogP contribution < -0.4 is 4.74 Å². The summed E-state index contributed by atoms with van der Waals surface area (Å²) in [6.45, 7) is 3.50. The molecule has 8 heteroatoms. The van der Waals surface area contributed by atoms with Gasteiger partial charge in [-0.3, -0.25) is 9.59 Å². The van der Waals surface area contributed by atoms with Crippen molar-refractivity contribution < 1.29 is 14.3 Å². The summed E-state index contributed by atoms with van der Waals surface area (Å²) in [5.74, 6) is 0.494. The minimum atomic E-state index is -0.206. The maximum absolute atomic E-state index is 13.5. The van der Waals surface area contributed by atoms with Gasteiger partial charge in [-0.15, -0.1) is 11.3 Å². The number of halogens is 2. The van der Waals surface area contributed by atoms with Crippen molar-refractivity contribution in [3.05, 3.63) is 85.5 Å². The number of hydrogen-bond donors (Lipinski definition) is 0. The second-order valence-corrected chi connectivity index (χ2v) is 10.5. The summed E-state index contributed by atoms with van der Waals surface area (Å²) in [4.78, 5) is 31.5. The first-order chi connectivity index (χ1) is 16.5. The predicted octanol–water partition coefficient (Wildman–Crippen LogP) is 6.22. The summed E-state index contributed by atoms with van der Waals surface area (Å²) in [6.07, 6.45) is 1.58. The van der Waals surface area contributed by atoms with Gasteiger partial charge in [0.05, 0.1) is 6.04 Å². The molecule has 0 radical (unpaired) electrons. The first-order valence-corrected chi connectivity index (χ1v) is 13.3. The van der Waals surface area contributed by atoms with E-state index in [2.05, 4.69) is 27.4 Å². The van der Waals surface area contributed by atoms with E-state index in [1.165, 1.54) is 4.88 Å². The molecule has 0 saturated carbocycles. The van der Waals surface area contributed by atoms with E-state index in [1.807, 2.05) is 36.1 Å². The standard InChI is InChI=1S/C26H26BrClN2O3S/c1-2-12-29(26(32)18-4-3-5-19(27)15-18)16-25(31)30-13-10-24-22(11-14-34-24)23(30)17-33-21-8-6-20(28)7-9-21/h3-9,11,14-15,23H,2,10,12-13,16-17H2,1H3/t23-/m0/s1. The number of amides is 2. The maximum atomic E-state index is 13.5. The Morgan fingerprint density at radius 2 is 2.00 bits per heavy atom. The Morgan fingerprint density at radius 1 is 1.21 bits per heavy atom. The van der Waals surface area contributed by atoms with Crippen molar-refractivity contribution in [3.8, 4) is 5.75 Å². The van der Waals surface area contributed by atoms with Crippen LogP contribution in [0.25, 0.3) is 0 Å². The van der Waals surface area contributed by atoms with Crippen molar-refractivity contribution in [3.63, 3.8) is 0 Å². The number of hydrogen-bond acceptors (Lipinski definition) is 4. The molecule has 0 spiro atoms. The fraction of sp³-hybridized carbons (Fsp3) is 0.308. The predicted molar refractivity (Wildman–Crippen MR) is 140 cm³/mol. The molecule has 34 heavy (non-hydrogen) atoms. The quantitative estimate of drug-likeness (QED) is 0.328. The highest BCUT2D eigenvalue weighted by atomic mass is 79.9. The minimum Gasteiger partial charge on any atom is -0.491 e. The molecular formula is C26H26BrClN2O3S. The molecule has 0 bridgehead atoms. The van der Waals surface area contributed by atoms with Crippen molar-refractivity contribution in [2.75, 3.05) is 26.2 Å². The summed E-state index contributed by atoms with van der Waals surface area (Å²) in [7, 11) is 0. The fourth-order valence-corrected chi connectivity index (χ4v) is 5.61. The van der Waals surface area contributed by atoms with E-state index in [0.29, 0.717) is 36.0 Å². The number of fused-ring (bicyclic) bond motifs is 1. The van der Waals surface area contributed by atoms with Gasteiger partial charge in [0.25, 0.3) is 5.91 Å². The van der Waals surface area contributed by atoms with E-state index in [0.717, 1.165) is 22.9 Å². The van der Waals surface area contributed by atoms with Gasteiger partial charge in [-0.05, 0) is 72.3 Å². The van der Waals surface area contributed by atoms with E-state index in [4.69, 9.17) is 16.3 Å². The molecule has 4 rings (SSSR count). The van der Waals surface area contributed by atoms with Crippen molar-refractivity contribution in [1.29, 1.82) is 0 Å². The van der Waals surface area contributed by atoms with Crippen LogP contribution >= 0.6 is 38.9 Å². The number of thiophene rings is 1. The number of nitrogens with zero attached hydrogens (tertiary/aromatic N) is 2. The van der Waals surface area contributed by atoms with Crippen molar-refractivity contribution in [2.45, 2.75) is 25.8 Å². The number of carbonyl (C=O) groups is 2. The van der Waals surface area contributed by atoms with E-state index in [-0.39, 0.29) is 24.4 Å². The van der Waals surface area contributed by atoms with Crippen LogP contribution in [0.1, 0.15) is 40.2 Å². The lowest BCUT2D eigenvalue weighted by Gasteiger charge is -2.37. The lowest BCUT2D eigenvalue weighted by Crippen LogP contribution is -2.48. The van der Waals surface area contributed by atoms with Gasteiger partial charge in [0.1, 0.15) is 18.9 Å². The molecule has 0 aliphatic carbocycles. The first-order valence-electron chi connectivity index (χ1n) is 11.2. The molecule has 0 N–H and O–H groups in total. The van der Waals surface area contributed by atoms with Crippen molar-refractivity contribution in [1.82, 2.24) is 9.80 Å². The Balaban J connectivity index is 1.51. The highest BCUT2D eigenvalue weighted by molar-refractivity contribution is 9.10. The smallest absolute Gasteiger partial charge is 0.254 e. The summed E-state index contributed by atoms with van der Waals surface area (Å²) < 4.78 is 6.89. The highest BCUT2D eigenvalue weighted by Crippen LogP contribution is 2.34. The normalized spacial score (nSPS) is 15.0. The Hall–Kier alpha value is -2.35. The molecule has 1 aliphatic heterocycles. The molecule has 1 aromatic heterocycles. The van der Waals surface area contributed by atoms with Gasteiger partial charge in [-0.2, -0.15) is 0 Å². The molecule has 2 aromatic carbocycles. The third-order valence-electron chi connectivity index (χ3n) is 5.82. The molecule has 1 atom stereocenters. The van der Waals surface area contributed by atoms with Gasteiger partial charge in [-0.1, -0.05) is 40.5 Å². The molecule has 0 fully saturated rings.